The van der Waals surface area contributed by atoms with E-state index in [1.54, 1.807) is 0 Å². The van der Waals surface area contributed by atoms with Gasteiger partial charge in [0.1, 0.15) is 0 Å². The van der Waals surface area contributed by atoms with Gasteiger partial charge in [-0.1, -0.05) is 39.5 Å². The molecule has 0 bridgehead atoms. The minimum absolute atomic E-state index is 0.116. The van der Waals surface area contributed by atoms with E-state index in [0.29, 0.717) is 6.04 Å². The third kappa shape index (κ3) is 4.42. The van der Waals surface area contributed by atoms with Crippen molar-refractivity contribution < 1.29 is 5.11 Å². The minimum Gasteiger partial charge on any atom is -0.391 e. The summed E-state index contributed by atoms with van der Waals surface area (Å²) in [5.41, 5.74) is 0. The Labute approximate surface area is 101 Å². The Morgan fingerprint density at radius 2 is 1.56 bits per heavy atom. The topological polar surface area (TPSA) is 23.5 Å². The zero-order valence-corrected chi connectivity index (χ0v) is 11.1. The Balaban J connectivity index is 2.47. The molecule has 0 aromatic rings. The lowest BCUT2D eigenvalue weighted by Crippen LogP contribution is -2.44. The third-order valence-corrected chi connectivity index (χ3v) is 3.81. The predicted molar refractivity (Wildman–Crippen MR) is 69.7 cm³/mol. The van der Waals surface area contributed by atoms with E-state index in [-0.39, 0.29) is 6.10 Å². The van der Waals surface area contributed by atoms with Crippen molar-refractivity contribution in [3.8, 4) is 0 Å². The van der Waals surface area contributed by atoms with Crippen LogP contribution in [-0.4, -0.2) is 35.2 Å². The summed E-state index contributed by atoms with van der Waals surface area (Å²) < 4.78 is 0. The van der Waals surface area contributed by atoms with Gasteiger partial charge in [0.25, 0.3) is 0 Å². The fourth-order valence-electron chi connectivity index (χ4n) is 2.87. The number of hydrogen-bond acceptors (Lipinski definition) is 2. The molecular formula is C14H29NO. The predicted octanol–water partition coefficient (Wildman–Crippen LogP) is 3.19. The number of likely N-dealkylation sites (tertiary alicyclic amines) is 1. The number of aliphatic hydroxyl groups is 1. The first-order valence-electron chi connectivity index (χ1n) is 7.21. The zero-order chi connectivity index (χ0) is 11.8. The third-order valence-electron chi connectivity index (χ3n) is 3.81. The summed E-state index contributed by atoms with van der Waals surface area (Å²) in [6.07, 6.45) is 9.79. The summed E-state index contributed by atoms with van der Waals surface area (Å²) in [5, 5.41) is 10.2. The smallest absolute Gasteiger partial charge is 0.0695 e. The molecule has 1 aliphatic heterocycles. The van der Waals surface area contributed by atoms with E-state index in [9.17, 15) is 5.11 Å². The van der Waals surface area contributed by atoms with Crippen molar-refractivity contribution in [3.63, 3.8) is 0 Å². The Morgan fingerprint density at radius 3 is 2.06 bits per heavy atom. The Kier molecular flexibility index (Phi) is 7.06. The van der Waals surface area contributed by atoms with Gasteiger partial charge in [0.2, 0.25) is 0 Å². The van der Waals surface area contributed by atoms with Crippen molar-refractivity contribution in [3.05, 3.63) is 0 Å². The fraction of sp³-hybridized carbons (Fsp3) is 1.00. The highest BCUT2D eigenvalue weighted by Gasteiger charge is 2.23. The van der Waals surface area contributed by atoms with Crippen LogP contribution >= 0.6 is 0 Å². The molecule has 0 aromatic carbocycles. The molecule has 1 fully saturated rings. The van der Waals surface area contributed by atoms with Gasteiger partial charge in [0, 0.05) is 6.04 Å². The Hall–Kier alpha value is -0.0800. The molecule has 2 unspecified atom stereocenters. The van der Waals surface area contributed by atoms with E-state index in [4.69, 9.17) is 0 Å². The van der Waals surface area contributed by atoms with Gasteiger partial charge in [-0.25, -0.2) is 0 Å². The monoisotopic (exact) mass is 227 g/mol. The second kappa shape index (κ2) is 8.08. The zero-order valence-electron chi connectivity index (χ0n) is 11.1. The second-order valence-electron chi connectivity index (χ2n) is 5.14. The SMILES string of the molecule is CCCC(O)C(CC)N1CCCCCCC1. The highest BCUT2D eigenvalue weighted by Crippen LogP contribution is 2.18. The number of nitrogens with zero attached hydrogens (tertiary/aromatic N) is 1. The van der Waals surface area contributed by atoms with Crippen molar-refractivity contribution in [1.29, 1.82) is 0 Å². The fourth-order valence-corrected chi connectivity index (χ4v) is 2.87. The van der Waals surface area contributed by atoms with Gasteiger partial charge >= 0.3 is 0 Å². The molecule has 0 spiro atoms. The largest absolute Gasteiger partial charge is 0.391 e. The van der Waals surface area contributed by atoms with E-state index < -0.39 is 0 Å². The quantitative estimate of drug-likeness (QED) is 0.779. The van der Waals surface area contributed by atoms with Gasteiger partial charge in [0.05, 0.1) is 6.10 Å². The molecule has 16 heavy (non-hydrogen) atoms. The van der Waals surface area contributed by atoms with Gasteiger partial charge in [-0.2, -0.15) is 0 Å². The molecule has 0 radical (unpaired) electrons. The molecule has 0 saturated carbocycles. The van der Waals surface area contributed by atoms with Crippen LogP contribution in [0.5, 0.6) is 0 Å². The van der Waals surface area contributed by atoms with Crippen LogP contribution in [0, 0.1) is 0 Å². The van der Waals surface area contributed by atoms with Gasteiger partial charge in [0.15, 0.2) is 0 Å². The van der Waals surface area contributed by atoms with Gasteiger partial charge in [-0.05, 0) is 38.8 Å². The standard InChI is InChI=1S/C14H29NO/c1-3-10-14(16)13(4-2)15-11-8-6-5-7-9-12-15/h13-14,16H,3-12H2,1-2H3. The van der Waals surface area contributed by atoms with Crippen molar-refractivity contribution in [2.45, 2.75) is 77.4 Å². The molecule has 2 nitrogen and oxygen atoms in total. The summed E-state index contributed by atoms with van der Waals surface area (Å²) >= 11 is 0. The molecule has 1 N–H and O–H groups in total. The first-order valence-corrected chi connectivity index (χ1v) is 7.21. The van der Waals surface area contributed by atoms with Crippen molar-refractivity contribution in [1.82, 2.24) is 4.90 Å². The lowest BCUT2D eigenvalue weighted by Gasteiger charge is -2.35. The average molecular weight is 227 g/mol. The second-order valence-corrected chi connectivity index (χ2v) is 5.14. The first kappa shape index (κ1) is 14.0. The van der Waals surface area contributed by atoms with Crippen LogP contribution in [0.4, 0.5) is 0 Å². The van der Waals surface area contributed by atoms with Crippen molar-refractivity contribution >= 4 is 0 Å². The highest BCUT2D eigenvalue weighted by molar-refractivity contribution is 4.78. The van der Waals surface area contributed by atoms with Gasteiger partial charge in [-0.3, -0.25) is 4.90 Å². The lowest BCUT2D eigenvalue weighted by atomic mass is 9.99. The van der Waals surface area contributed by atoms with Crippen LogP contribution in [0.3, 0.4) is 0 Å². The van der Waals surface area contributed by atoms with Gasteiger partial charge in [-0.15, -0.1) is 0 Å². The number of hydrogen-bond donors (Lipinski definition) is 1. The molecular weight excluding hydrogens is 198 g/mol. The van der Waals surface area contributed by atoms with Crippen molar-refractivity contribution in [2.24, 2.45) is 0 Å². The maximum atomic E-state index is 10.2. The number of rotatable bonds is 5. The van der Waals surface area contributed by atoms with E-state index in [2.05, 4.69) is 18.7 Å². The normalized spacial score (nSPS) is 23.4. The molecule has 1 heterocycles. The first-order chi connectivity index (χ1) is 7.79. The van der Waals surface area contributed by atoms with Crippen LogP contribution in [0.25, 0.3) is 0 Å². The summed E-state index contributed by atoms with van der Waals surface area (Å²) in [5.74, 6) is 0. The van der Waals surface area contributed by atoms with Crippen LogP contribution in [0.15, 0.2) is 0 Å². The van der Waals surface area contributed by atoms with Crippen LogP contribution in [0.2, 0.25) is 0 Å². The molecule has 1 aliphatic rings. The minimum atomic E-state index is -0.116. The highest BCUT2D eigenvalue weighted by atomic mass is 16.3. The van der Waals surface area contributed by atoms with Crippen LogP contribution < -0.4 is 0 Å². The van der Waals surface area contributed by atoms with E-state index >= 15 is 0 Å². The molecule has 0 aliphatic carbocycles. The van der Waals surface area contributed by atoms with Crippen LogP contribution in [-0.2, 0) is 0 Å². The molecule has 0 aromatic heterocycles. The molecule has 2 heteroatoms. The maximum absolute atomic E-state index is 10.2. The summed E-state index contributed by atoms with van der Waals surface area (Å²) in [6.45, 7) is 6.75. The molecule has 0 amide bonds. The van der Waals surface area contributed by atoms with E-state index in [1.807, 2.05) is 0 Å². The van der Waals surface area contributed by atoms with E-state index in [1.165, 1.54) is 45.2 Å². The van der Waals surface area contributed by atoms with Crippen molar-refractivity contribution in [2.75, 3.05) is 13.1 Å². The maximum Gasteiger partial charge on any atom is 0.0695 e. The van der Waals surface area contributed by atoms with E-state index in [0.717, 1.165) is 19.3 Å². The molecule has 1 saturated heterocycles. The average Bonchev–Trinajstić information content (AvgIpc) is 2.22. The molecule has 2 atom stereocenters. The summed E-state index contributed by atoms with van der Waals surface area (Å²) in [4.78, 5) is 2.54. The molecule has 1 rings (SSSR count). The Bertz CT molecular complexity index is 164. The molecule has 96 valence electrons. The van der Waals surface area contributed by atoms with Crippen LogP contribution in [0.1, 0.15) is 65.2 Å². The Morgan fingerprint density at radius 1 is 1.00 bits per heavy atom. The number of aliphatic hydroxyl groups excluding tert-OH is 1. The van der Waals surface area contributed by atoms with Gasteiger partial charge < -0.3 is 5.11 Å². The summed E-state index contributed by atoms with van der Waals surface area (Å²) in [6, 6.07) is 0.401. The summed E-state index contributed by atoms with van der Waals surface area (Å²) in [7, 11) is 0. The lowest BCUT2D eigenvalue weighted by molar-refractivity contribution is 0.0364.